The minimum atomic E-state index is -1.03. The van der Waals surface area contributed by atoms with Gasteiger partial charge in [0.05, 0.1) is 5.69 Å². The van der Waals surface area contributed by atoms with E-state index in [2.05, 4.69) is 4.98 Å². The van der Waals surface area contributed by atoms with Crippen LogP contribution in [-0.2, 0) is 4.74 Å². The lowest BCUT2D eigenvalue weighted by atomic mass is 10.1. The predicted octanol–water partition coefficient (Wildman–Crippen LogP) is 3.68. The summed E-state index contributed by atoms with van der Waals surface area (Å²) in [5, 5.41) is 10.8. The fourth-order valence-corrected chi connectivity index (χ4v) is 1.88. The fourth-order valence-electron chi connectivity index (χ4n) is 1.88. The van der Waals surface area contributed by atoms with E-state index in [4.69, 9.17) is 4.74 Å². The zero-order chi connectivity index (χ0) is 17.0. The lowest BCUT2D eigenvalue weighted by Gasteiger charge is -2.21. The molecule has 1 aromatic carbocycles. The molecule has 2 aromatic rings. The van der Waals surface area contributed by atoms with Gasteiger partial charge in [-0.3, -0.25) is 4.98 Å². The van der Waals surface area contributed by atoms with E-state index in [-0.39, 0.29) is 5.69 Å². The van der Waals surface area contributed by atoms with Crippen LogP contribution in [0, 0.1) is 10.1 Å². The standard InChI is InChI=1S/C16H17N3O4/c1-16(2,3)23-15(20)18(19(21)22)13-9-7-12(8-10-13)14-6-4-5-11-17-14/h4-11H,1-3H3. The molecule has 0 radical (unpaired) electrons. The zero-order valence-electron chi connectivity index (χ0n) is 13.1. The number of carbonyl (C=O) groups excluding carboxylic acids is 1. The number of carbonyl (C=O) groups is 1. The van der Waals surface area contributed by atoms with E-state index in [0.717, 1.165) is 11.3 Å². The summed E-state index contributed by atoms with van der Waals surface area (Å²) < 4.78 is 5.06. The molecule has 7 nitrogen and oxygen atoms in total. The Hall–Kier alpha value is -2.96. The number of amides is 1. The topological polar surface area (TPSA) is 85.6 Å². The summed E-state index contributed by atoms with van der Waals surface area (Å²) in [4.78, 5) is 27.4. The van der Waals surface area contributed by atoms with Crippen molar-refractivity contribution in [3.8, 4) is 11.3 Å². The summed E-state index contributed by atoms with van der Waals surface area (Å²) in [7, 11) is 0. The highest BCUT2D eigenvalue weighted by Gasteiger charge is 2.32. The number of benzene rings is 1. The monoisotopic (exact) mass is 315 g/mol. The van der Waals surface area contributed by atoms with E-state index in [1.54, 1.807) is 45.2 Å². The fraction of sp³-hybridized carbons (Fsp3) is 0.250. The molecule has 0 saturated carbocycles. The maximum Gasteiger partial charge on any atom is 0.473 e. The van der Waals surface area contributed by atoms with Crippen LogP contribution in [0.4, 0.5) is 10.5 Å². The summed E-state index contributed by atoms with van der Waals surface area (Å²) in [5.41, 5.74) is 0.828. The zero-order valence-corrected chi connectivity index (χ0v) is 13.1. The molecule has 0 spiro atoms. The van der Waals surface area contributed by atoms with Gasteiger partial charge in [-0.25, -0.2) is 14.9 Å². The van der Waals surface area contributed by atoms with Crippen LogP contribution in [0.15, 0.2) is 48.7 Å². The maximum atomic E-state index is 12.0. The number of hydrogen-bond acceptors (Lipinski definition) is 5. The quantitative estimate of drug-likeness (QED) is 0.637. The second-order valence-electron chi connectivity index (χ2n) is 5.79. The molecule has 0 fully saturated rings. The summed E-state index contributed by atoms with van der Waals surface area (Å²) in [6.45, 7) is 4.94. The molecule has 1 aromatic heterocycles. The third kappa shape index (κ3) is 4.26. The summed E-state index contributed by atoms with van der Waals surface area (Å²) in [6, 6.07) is 11.8. The average Bonchev–Trinajstić information content (AvgIpc) is 2.47. The Balaban J connectivity index is 2.27. The van der Waals surface area contributed by atoms with E-state index < -0.39 is 16.7 Å². The molecule has 1 amide bonds. The number of rotatable bonds is 3. The predicted molar refractivity (Wildman–Crippen MR) is 85.4 cm³/mol. The molecule has 0 aliphatic rings. The second kappa shape index (κ2) is 6.43. The van der Waals surface area contributed by atoms with Crippen LogP contribution in [-0.4, -0.2) is 21.7 Å². The number of nitrogens with zero attached hydrogens (tertiary/aromatic N) is 3. The minimum Gasteiger partial charge on any atom is -0.440 e. The third-order valence-corrected chi connectivity index (χ3v) is 2.80. The highest BCUT2D eigenvalue weighted by Crippen LogP contribution is 2.23. The van der Waals surface area contributed by atoms with Crippen LogP contribution in [0.25, 0.3) is 11.3 Å². The van der Waals surface area contributed by atoms with Gasteiger partial charge in [0.25, 0.3) is 0 Å². The van der Waals surface area contributed by atoms with E-state index in [1.165, 1.54) is 12.1 Å². The Bertz CT molecular complexity index is 694. The Labute approximate surface area is 133 Å². The Morgan fingerprint density at radius 1 is 1.17 bits per heavy atom. The molecule has 0 saturated heterocycles. The highest BCUT2D eigenvalue weighted by atomic mass is 16.7. The number of ether oxygens (including phenoxy) is 1. The van der Waals surface area contributed by atoms with Crippen molar-refractivity contribution < 1.29 is 14.6 Å². The van der Waals surface area contributed by atoms with Crippen LogP contribution in [0.1, 0.15) is 20.8 Å². The van der Waals surface area contributed by atoms with Crippen molar-refractivity contribution in [3.05, 3.63) is 58.8 Å². The van der Waals surface area contributed by atoms with Gasteiger partial charge in [0.15, 0.2) is 5.03 Å². The average molecular weight is 315 g/mol. The Morgan fingerprint density at radius 3 is 2.30 bits per heavy atom. The number of anilines is 1. The Morgan fingerprint density at radius 2 is 1.83 bits per heavy atom. The van der Waals surface area contributed by atoms with Gasteiger partial charge in [0.1, 0.15) is 11.3 Å². The summed E-state index contributed by atoms with van der Waals surface area (Å²) in [6.07, 6.45) is 0.626. The number of aromatic nitrogens is 1. The van der Waals surface area contributed by atoms with Crippen molar-refractivity contribution in [1.29, 1.82) is 0 Å². The summed E-state index contributed by atoms with van der Waals surface area (Å²) in [5.74, 6) is 0. The van der Waals surface area contributed by atoms with Gasteiger partial charge >= 0.3 is 6.09 Å². The normalized spacial score (nSPS) is 10.9. The molecular formula is C16H17N3O4. The van der Waals surface area contributed by atoms with Gasteiger partial charge in [-0.05, 0) is 45.0 Å². The number of hydrogen-bond donors (Lipinski definition) is 0. The molecule has 23 heavy (non-hydrogen) atoms. The van der Waals surface area contributed by atoms with Crippen LogP contribution < -0.4 is 5.01 Å². The first-order chi connectivity index (χ1) is 10.8. The molecule has 120 valence electrons. The van der Waals surface area contributed by atoms with Gasteiger partial charge in [0, 0.05) is 16.8 Å². The molecule has 0 bridgehead atoms. The first kappa shape index (κ1) is 16.4. The second-order valence-corrected chi connectivity index (χ2v) is 5.79. The van der Waals surface area contributed by atoms with Gasteiger partial charge in [-0.1, -0.05) is 18.2 Å². The highest BCUT2D eigenvalue weighted by molar-refractivity contribution is 5.85. The molecule has 0 aliphatic heterocycles. The van der Waals surface area contributed by atoms with Crippen molar-refractivity contribution in [2.75, 3.05) is 5.01 Å². The summed E-state index contributed by atoms with van der Waals surface area (Å²) >= 11 is 0. The van der Waals surface area contributed by atoms with E-state index >= 15 is 0 Å². The lowest BCUT2D eigenvalue weighted by Crippen LogP contribution is -2.40. The third-order valence-electron chi connectivity index (χ3n) is 2.80. The van der Waals surface area contributed by atoms with Crippen molar-refractivity contribution in [2.24, 2.45) is 0 Å². The number of hydrazine groups is 1. The largest absolute Gasteiger partial charge is 0.473 e. The van der Waals surface area contributed by atoms with Gasteiger partial charge in [-0.15, -0.1) is 0 Å². The molecular weight excluding hydrogens is 298 g/mol. The molecule has 2 rings (SSSR count). The first-order valence-electron chi connectivity index (χ1n) is 6.97. The van der Waals surface area contributed by atoms with Crippen LogP contribution in [0.2, 0.25) is 0 Å². The van der Waals surface area contributed by atoms with Crippen LogP contribution in [0.5, 0.6) is 0 Å². The van der Waals surface area contributed by atoms with Crippen molar-refractivity contribution in [3.63, 3.8) is 0 Å². The minimum absolute atomic E-state index is 0.115. The van der Waals surface area contributed by atoms with Crippen molar-refractivity contribution >= 4 is 11.8 Å². The first-order valence-corrected chi connectivity index (χ1v) is 6.97. The molecule has 0 aliphatic carbocycles. The van der Waals surface area contributed by atoms with Crippen LogP contribution in [0.3, 0.4) is 0 Å². The maximum absolute atomic E-state index is 12.0. The number of nitro groups is 1. The van der Waals surface area contributed by atoms with Gasteiger partial charge < -0.3 is 4.74 Å². The molecule has 1 heterocycles. The van der Waals surface area contributed by atoms with Crippen molar-refractivity contribution in [1.82, 2.24) is 4.98 Å². The van der Waals surface area contributed by atoms with E-state index in [1.807, 2.05) is 12.1 Å². The van der Waals surface area contributed by atoms with Gasteiger partial charge in [-0.2, -0.15) is 0 Å². The van der Waals surface area contributed by atoms with E-state index in [9.17, 15) is 14.9 Å². The van der Waals surface area contributed by atoms with Crippen molar-refractivity contribution in [2.45, 2.75) is 26.4 Å². The van der Waals surface area contributed by atoms with Crippen LogP contribution >= 0.6 is 0 Å². The smallest absolute Gasteiger partial charge is 0.440 e. The Kier molecular flexibility index (Phi) is 4.59. The molecule has 7 heteroatoms. The number of pyridine rings is 1. The molecule has 0 unspecified atom stereocenters. The van der Waals surface area contributed by atoms with E-state index in [0.29, 0.717) is 5.01 Å². The molecule has 0 atom stereocenters. The lowest BCUT2D eigenvalue weighted by molar-refractivity contribution is -0.484. The van der Waals surface area contributed by atoms with Gasteiger partial charge in [0.2, 0.25) is 0 Å². The molecule has 0 N–H and O–H groups in total. The SMILES string of the molecule is CC(C)(C)OC(=O)N(c1ccc(-c2ccccn2)cc1)[N+](=O)[O-].